The topological polar surface area (TPSA) is 58.4 Å². The SMILES string of the molecule is CCN(C)CC(O)Cn1cnc2c(I)cccc2c1=O. The number of fused-ring (bicyclic) bond motifs is 1. The zero-order valence-electron chi connectivity index (χ0n) is 11.6. The van der Waals surface area contributed by atoms with Crippen LogP contribution >= 0.6 is 22.6 Å². The van der Waals surface area contributed by atoms with Crippen LogP contribution < -0.4 is 5.56 Å². The highest BCUT2D eigenvalue weighted by Crippen LogP contribution is 2.14. The highest BCUT2D eigenvalue weighted by atomic mass is 127. The summed E-state index contributed by atoms with van der Waals surface area (Å²) in [5.41, 5.74) is 0.612. The molecular formula is C14H18IN3O2. The van der Waals surface area contributed by atoms with E-state index in [1.165, 1.54) is 10.9 Å². The van der Waals surface area contributed by atoms with Crippen LogP contribution in [0.5, 0.6) is 0 Å². The van der Waals surface area contributed by atoms with Gasteiger partial charge < -0.3 is 10.0 Å². The Labute approximate surface area is 131 Å². The molecule has 0 bridgehead atoms. The lowest BCUT2D eigenvalue weighted by Crippen LogP contribution is -2.35. The van der Waals surface area contributed by atoms with Crippen molar-refractivity contribution in [1.29, 1.82) is 0 Å². The third-order valence-corrected chi connectivity index (χ3v) is 4.14. The van der Waals surface area contributed by atoms with Crippen molar-refractivity contribution in [2.24, 2.45) is 0 Å². The minimum atomic E-state index is -0.584. The Morgan fingerprint density at radius 3 is 2.95 bits per heavy atom. The van der Waals surface area contributed by atoms with E-state index in [1.54, 1.807) is 6.07 Å². The van der Waals surface area contributed by atoms with Gasteiger partial charge in [0.1, 0.15) is 0 Å². The first-order valence-electron chi connectivity index (χ1n) is 6.53. The Morgan fingerprint density at radius 2 is 2.25 bits per heavy atom. The van der Waals surface area contributed by atoms with E-state index in [4.69, 9.17) is 0 Å². The fourth-order valence-corrected chi connectivity index (χ4v) is 2.69. The molecule has 1 N–H and O–H groups in total. The van der Waals surface area contributed by atoms with Gasteiger partial charge in [0, 0.05) is 10.1 Å². The van der Waals surface area contributed by atoms with E-state index in [-0.39, 0.29) is 12.1 Å². The van der Waals surface area contributed by atoms with Gasteiger partial charge in [-0.2, -0.15) is 0 Å². The van der Waals surface area contributed by atoms with E-state index in [0.717, 1.165) is 15.6 Å². The average molecular weight is 387 g/mol. The van der Waals surface area contributed by atoms with Gasteiger partial charge in [0.05, 0.1) is 29.9 Å². The zero-order chi connectivity index (χ0) is 14.7. The van der Waals surface area contributed by atoms with Gasteiger partial charge in [-0.25, -0.2) is 4.98 Å². The summed E-state index contributed by atoms with van der Waals surface area (Å²) in [6.45, 7) is 3.68. The Hall–Kier alpha value is -0.990. The molecule has 0 saturated heterocycles. The van der Waals surface area contributed by atoms with Crippen molar-refractivity contribution < 1.29 is 5.11 Å². The molecule has 108 valence electrons. The van der Waals surface area contributed by atoms with E-state index < -0.39 is 6.10 Å². The Bertz CT molecular complexity index is 656. The predicted molar refractivity (Wildman–Crippen MR) is 87.9 cm³/mol. The van der Waals surface area contributed by atoms with Gasteiger partial charge in [0.25, 0.3) is 5.56 Å². The van der Waals surface area contributed by atoms with Gasteiger partial charge >= 0.3 is 0 Å². The van der Waals surface area contributed by atoms with Gasteiger partial charge in [-0.15, -0.1) is 0 Å². The van der Waals surface area contributed by atoms with Crippen LogP contribution in [0.3, 0.4) is 0 Å². The van der Waals surface area contributed by atoms with E-state index in [1.807, 2.05) is 31.0 Å². The van der Waals surface area contributed by atoms with Crippen molar-refractivity contribution in [2.75, 3.05) is 20.1 Å². The van der Waals surface area contributed by atoms with Crippen LogP contribution in [-0.4, -0.2) is 45.8 Å². The number of para-hydroxylation sites is 1. The van der Waals surface area contributed by atoms with Crippen LogP contribution in [0.4, 0.5) is 0 Å². The van der Waals surface area contributed by atoms with E-state index in [9.17, 15) is 9.90 Å². The van der Waals surface area contributed by atoms with Crippen LogP contribution in [0.2, 0.25) is 0 Å². The summed E-state index contributed by atoms with van der Waals surface area (Å²) in [5, 5.41) is 10.6. The fraction of sp³-hybridized carbons (Fsp3) is 0.429. The number of aliphatic hydroxyl groups excluding tert-OH is 1. The number of halogens is 1. The minimum Gasteiger partial charge on any atom is -0.390 e. The highest BCUT2D eigenvalue weighted by Gasteiger charge is 2.11. The maximum Gasteiger partial charge on any atom is 0.261 e. The lowest BCUT2D eigenvalue weighted by atomic mass is 10.2. The first-order chi connectivity index (χ1) is 9.52. The van der Waals surface area contributed by atoms with Crippen molar-refractivity contribution in [1.82, 2.24) is 14.5 Å². The fourth-order valence-electron chi connectivity index (χ4n) is 2.06. The summed E-state index contributed by atoms with van der Waals surface area (Å²) in [6.07, 6.45) is 0.932. The van der Waals surface area contributed by atoms with Crippen LogP contribution in [0.1, 0.15) is 6.92 Å². The number of aliphatic hydroxyl groups is 1. The third-order valence-electron chi connectivity index (χ3n) is 3.27. The van der Waals surface area contributed by atoms with Gasteiger partial charge in [0.15, 0.2) is 0 Å². The molecule has 0 aliphatic rings. The predicted octanol–water partition coefficient (Wildman–Crippen LogP) is 1.31. The molecule has 1 unspecified atom stereocenters. The quantitative estimate of drug-likeness (QED) is 0.787. The normalized spacial score (nSPS) is 13.1. The molecule has 1 heterocycles. The van der Waals surface area contributed by atoms with Crippen LogP contribution in [0, 0.1) is 3.57 Å². The monoisotopic (exact) mass is 387 g/mol. The molecule has 0 fully saturated rings. The molecule has 1 aromatic carbocycles. The van der Waals surface area contributed by atoms with Crippen molar-refractivity contribution in [3.8, 4) is 0 Å². The summed E-state index contributed by atoms with van der Waals surface area (Å²) in [6, 6.07) is 5.54. The number of rotatable bonds is 5. The number of hydrogen-bond acceptors (Lipinski definition) is 4. The Morgan fingerprint density at radius 1 is 1.50 bits per heavy atom. The molecule has 0 spiro atoms. The van der Waals surface area contributed by atoms with Gasteiger partial charge in [-0.3, -0.25) is 9.36 Å². The number of aromatic nitrogens is 2. The summed E-state index contributed by atoms with van der Waals surface area (Å²) >= 11 is 2.17. The summed E-state index contributed by atoms with van der Waals surface area (Å²) in [5.74, 6) is 0. The number of likely N-dealkylation sites (N-methyl/N-ethyl adjacent to an activating group) is 1. The van der Waals surface area contributed by atoms with Gasteiger partial charge in [0.2, 0.25) is 0 Å². The lowest BCUT2D eigenvalue weighted by molar-refractivity contribution is 0.111. The van der Waals surface area contributed by atoms with Crippen LogP contribution in [0.15, 0.2) is 29.3 Å². The first-order valence-corrected chi connectivity index (χ1v) is 7.61. The van der Waals surface area contributed by atoms with Crippen LogP contribution in [0.25, 0.3) is 10.9 Å². The smallest absolute Gasteiger partial charge is 0.261 e. The van der Waals surface area contributed by atoms with E-state index >= 15 is 0 Å². The Kier molecular flexibility index (Phi) is 5.11. The number of hydrogen-bond donors (Lipinski definition) is 1. The molecule has 1 aromatic heterocycles. The highest BCUT2D eigenvalue weighted by molar-refractivity contribution is 14.1. The summed E-state index contributed by atoms with van der Waals surface area (Å²) in [7, 11) is 1.94. The molecule has 20 heavy (non-hydrogen) atoms. The van der Waals surface area contributed by atoms with Crippen LogP contribution in [-0.2, 0) is 6.54 Å². The molecule has 5 nitrogen and oxygen atoms in total. The molecule has 0 radical (unpaired) electrons. The molecule has 0 saturated carbocycles. The largest absolute Gasteiger partial charge is 0.390 e. The van der Waals surface area contributed by atoms with Crippen molar-refractivity contribution >= 4 is 33.5 Å². The van der Waals surface area contributed by atoms with Gasteiger partial charge in [-0.1, -0.05) is 13.0 Å². The second kappa shape index (κ2) is 6.64. The minimum absolute atomic E-state index is 0.105. The maximum absolute atomic E-state index is 12.4. The van der Waals surface area contributed by atoms with Crippen molar-refractivity contribution in [2.45, 2.75) is 19.6 Å². The van der Waals surface area contributed by atoms with E-state index in [2.05, 4.69) is 27.6 Å². The molecule has 0 aliphatic heterocycles. The van der Waals surface area contributed by atoms with Gasteiger partial charge in [-0.05, 0) is 48.3 Å². The zero-order valence-corrected chi connectivity index (χ0v) is 13.7. The molecule has 6 heteroatoms. The standard InChI is InChI=1S/C14H18IN3O2/c1-3-17(2)7-10(19)8-18-9-16-13-11(14(18)20)5-4-6-12(13)15/h4-6,9-10,19H,3,7-8H2,1-2H3. The first kappa shape index (κ1) is 15.4. The second-order valence-corrected chi connectivity index (χ2v) is 6.01. The number of nitrogens with zero attached hydrogens (tertiary/aromatic N) is 3. The maximum atomic E-state index is 12.4. The summed E-state index contributed by atoms with van der Waals surface area (Å²) < 4.78 is 2.43. The third kappa shape index (κ3) is 3.36. The van der Waals surface area contributed by atoms with E-state index in [0.29, 0.717) is 11.9 Å². The van der Waals surface area contributed by atoms with Crippen molar-refractivity contribution in [3.63, 3.8) is 0 Å². The number of benzene rings is 1. The molecule has 2 aromatic rings. The second-order valence-electron chi connectivity index (χ2n) is 4.85. The summed E-state index contributed by atoms with van der Waals surface area (Å²) in [4.78, 5) is 18.7. The molecule has 0 amide bonds. The molecule has 2 rings (SSSR count). The lowest BCUT2D eigenvalue weighted by Gasteiger charge is -2.19. The molecular weight excluding hydrogens is 369 g/mol. The molecule has 1 atom stereocenters. The average Bonchev–Trinajstić information content (AvgIpc) is 2.42. The molecule has 0 aliphatic carbocycles. The van der Waals surface area contributed by atoms with Crippen molar-refractivity contribution in [3.05, 3.63) is 38.5 Å². The Balaban J connectivity index is 2.28.